The summed E-state index contributed by atoms with van der Waals surface area (Å²) in [4.78, 5) is 9.47. The van der Waals surface area contributed by atoms with Crippen molar-refractivity contribution in [3.05, 3.63) is 47.0 Å². The van der Waals surface area contributed by atoms with Crippen LogP contribution >= 0.6 is 11.6 Å². The first-order chi connectivity index (χ1) is 14.2. The molecule has 1 aromatic heterocycles. The molecule has 3 heteroatoms. The number of hydrogen-bond acceptors (Lipinski definition) is 2. The van der Waals surface area contributed by atoms with E-state index in [2.05, 4.69) is 32.0 Å². The van der Waals surface area contributed by atoms with E-state index in [1.54, 1.807) is 0 Å². The highest BCUT2D eigenvalue weighted by Crippen LogP contribution is 2.37. The summed E-state index contributed by atoms with van der Waals surface area (Å²) in [5.74, 6) is 2.47. The number of unbranched alkanes of at least 4 members (excludes halogenated alkanes) is 4. The van der Waals surface area contributed by atoms with E-state index in [4.69, 9.17) is 21.6 Å². The van der Waals surface area contributed by atoms with Gasteiger partial charge in [0.05, 0.1) is 0 Å². The van der Waals surface area contributed by atoms with Gasteiger partial charge in [-0.25, -0.2) is 9.97 Å². The van der Waals surface area contributed by atoms with Gasteiger partial charge in [-0.2, -0.15) is 0 Å². The lowest BCUT2D eigenvalue weighted by molar-refractivity contribution is 0.297. The zero-order valence-electron chi connectivity index (χ0n) is 18.3. The number of hydrogen-bond donors (Lipinski definition) is 0. The molecule has 29 heavy (non-hydrogen) atoms. The molecule has 0 aliphatic heterocycles. The van der Waals surface area contributed by atoms with Gasteiger partial charge in [-0.15, -0.1) is 0 Å². The molecule has 1 aliphatic carbocycles. The van der Waals surface area contributed by atoms with Crippen molar-refractivity contribution >= 4 is 11.6 Å². The first-order valence-electron chi connectivity index (χ1n) is 11.8. The molecule has 2 aromatic rings. The monoisotopic (exact) mass is 412 g/mol. The second-order valence-corrected chi connectivity index (χ2v) is 9.22. The smallest absolute Gasteiger partial charge is 0.131 e. The third-order valence-corrected chi connectivity index (χ3v) is 6.83. The van der Waals surface area contributed by atoms with E-state index in [-0.39, 0.29) is 0 Å². The normalized spacial score (nSPS) is 19.4. The summed E-state index contributed by atoms with van der Waals surface area (Å²) in [7, 11) is 0. The van der Waals surface area contributed by atoms with E-state index in [0.29, 0.717) is 5.92 Å². The van der Waals surface area contributed by atoms with Crippen molar-refractivity contribution in [2.75, 3.05) is 0 Å². The number of rotatable bonds is 10. The van der Waals surface area contributed by atoms with E-state index in [1.807, 2.05) is 12.4 Å². The van der Waals surface area contributed by atoms with Gasteiger partial charge >= 0.3 is 0 Å². The van der Waals surface area contributed by atoms with E-state index < -0.39 is 0 Å². The number of nitrogens with zero attached hydrogens (tertiary/aromatic N) is 2. The summed E-state index contributed by atoms with van der Waals surface area (Å²) in [5.41, 5.74) is 3.38. The first-order valence-corrected chi connectivity index (χ1v) is 12.2. The largest absolute Gasteiger partial charge is 0.240 e. The van der Waals surface area contributed by atoms with Gasteiger partial charge in [0, 0.05) is 34.5 Å². The Balaban J connectivity index is 1.56. The fraction of sp³-hybridized carbons (Fsp3) is 0.615. The van der Waals surface area contributed by atoms with Gasteiger partial charge in [0.2, 0.25) is 0 Å². The highest BCUT2D eigenvalue weighted by Gasteiger charge is 2.24. The molecule has 0 spiro atoms. The molecule has 0 saturated heterocycles. The van der Waals surface area contributed by atoms with Gasteiger partial charge in [0.25, 0.3) is 0 Å². The second kappa shape index (κ2) is 11.7. The summed E-state index contributed by atoms with van der Waals surface area (Å²) >= 11 is 6.58. The Morgan fingerprint density at radius 1 is 0.897 bits per heavy atom. The van der Waals surface area contributed by atoms with Crippen LogP contribution in [0.5, 0.6) is 0 Å². The maximum absolute atomic E-state index is 6.58. The molecule has 0 amide bonds. The molecule has 2 nitrogen and oxygen atoms in total. The molecule has 1 heterocycles. The van der Waals surface area contributed by atoms with Gasteiger partial charge in [-0.05, 0) is 56.1 Å². The van der Waals surface area contributed by atoms with Crippen LogP contribution in [0, 0.1) is 5.92 Å². The Morgan fingerprint density at radius 2 is 1.59 bits per heavy atom. The van der Waals surface area contributed by atoms with Crippen LogP contribution in [0.4, 0.5) is 0 Å². The number of aromatic nitrogens is 2. The fourth-order valence-electron chi connectivity index (χ4n) is 4.61. The molecule has 3 rings (SSSR count). The molecule has 0 bridgehead atoms. The van der Waals surface area contributed by atoms with Crippen molar-refractivity contribution in [1.29, 1.82) is 0 Å². The maximum Gasteiger partial charge on any atom is 0.131 e. The van der Waals surface area contributed by atoms with Crippen molar-refractivity contribution in [1.82, 2.24) is 9.97 Å². The van der Waals surface area contributed by atoms with Crippen LogP contribution in [0.3, 0.4) is 0 Å². The molecular formula is C26H37ClN2. The molecule has 0 radical (unpaired) electrons. The lowest BCUT2D eigenvalue weighted by atomic mass is 9.79. The van der Waals surface area contributed by atoms with Crippen molar-refractivity contribution in [3.63, 3.8) is 0 Å². The molecule has 0 unspecified atom stereocenters. The zero-order valence-corrected chi connectivity index (χ0v) is 19.1. The molecular weight excluding hydrogens is 376 g/mol. The predicted octanol–water partition coefficient (Wildman–Crippen LogP) is 8.38. The minimum absolute atomic E-state index is 0.530. The van der Waals surface area contributed by atoms with Gasteiger partial charge in [0.15, 0.2) is 0 Å². The van der Waals surface area contributed by atoms with Crippen LogP contribution < -0.4 is 0 Å². The maximum atomic E-state index is 6.58. The molecule has 1 saturated carbocycles. The molecule has 158 valence electrons. The van der Waals surface area contributed by atoms with Gasteiger partial charge in [-0.1, -0.05) is 76.1 Å². The highest BCUT2D eigenvalue weighted by molar-refractivity contribution is 6.33. The lowest BCUT2D eigenvalue weighted by Crippen LogP contribution is -2.15. The number of aryl methyl sites for hydroxylation is 1. The lowest BCUT2D eigenvalue weighted by Gasteiger charge is -2.27. The summed E-state index contributed by atoms with van der Waals surface area (Å²) in [6.45, 7) is 4.52. The molecule has 1 aliphatic rings. The molecule has 1 aromatic carbocycles. The quantitative estimate of drug-likeness (QED) is 0.366. The Hall–Kier alpha value is -1.41. The highest BCUT2D eigenvalue weighted by atomic mass is 35.5. The van der Waals surface area contributed by atoms with Crippen LogP contribution in [-0.4, -0.2) is 9.97 Å². The van der Waals surface area contributed by atoms with Gasteiger partial charge in [0.1, 0.15) is 5.82 Å². The third kappa shape index (κ3) is 6.54. The van der Waals surface area contributed by atoms with Crippen LogP contribution in [-0.2, 0) is 6.42 Å². The Morgan fingerprint density at radius 3 is 2.24 bits per heavy atom. The average Bonchev–Trinajstić information content (AvgIpc) is 2.75. The number of benzene rings is 1. The zero-order chi connectivity index (χ0) is 20.5. The van der Waals surface area contributed by atoms with Gasteiger partial charge in [-0.3, -0.25) is 0 Å². The predicted molar refractivity (Wildman–Crippen MR) is 125 cm³/mol. The average molecular weight is 413 g/mol. The summed E-state index contributed by atoms with van der Waals surface area (Å²) < 4.78 is 0. The minimum Gasteiger partial charge on any atom is -0.240 e. The van der Waals surface area contributed by atoms with Crippen LogP contribution in [0.2, 0.25) is 5.02 Å². The van der Waals surface area contributed by atoms with Crippen molar-refractivity contribution < 1.29 is 0 Å². The SMILES string of the molecule is CCCCCc1ccc(-c2cnc([C@H]3CC[C@H](CCCCC)CC3)nc2)c(Cl)c1. The fourth-order valence-corrected chi connectivity index (χ4v) is 4.92. The Kier molecular flexibility index (Phi) is 8.98. The summed E-state index contributed by atoms with van der Waals surface area (Å²) in [5, 5.41) is 0.808. The third-order valence-electron chi connectivity index (χ3n) is 6.51. The molecule has 0 N–H and O–H groups in total. The van der Waals surface area contributed by atoms with Crippen LogP contribution in [0.15, 0.2) is 30.6 Å². The van der Waals surface area contributed by atoms with Crippen molar-refractivity contribution in [2.45, 2.75) is 96.8 Å². The number of halogens is 1. The van der Waals surface area contributed by atoms with Crippen LogP contribution in [0.1, 0.15) is 102 Å². The van der Waals surface area contributed by atoms with Crippen molar-refractivity contribution in [2.24, 2.45) is 5.92 Å². The summed E-state index contributed by atoms with van der Waals surface area (Å²) in [6.07, 6.45) is 19.4. The standard InChI is InChI=1S/C26H37ClN2/c1-3-5-7-9-20-11-14-22(15-12-20)26-28-18-23(19-29-26)24-16-13-21(17-25(24)27)10-8-6-4-2/h13,16-20,22H,3-12,14-15H2,1-2H3/t20-,22-. The first kappa shape index (κ1) is 22.3. The van der Waals surface area contributed by atoms with Gasteiger partial charge < -0.3 is 0 Å². The molecule has 1 fully saturated rings. The summed E-state index contributed by atoms with van der Waals surface area (Å²) in [6, 6.07) is 6.44. The van der Waals surface area contributed by atoms with Crippen molar-refractivity contribution in [3.8, 4) is 11.1 Å². The Bertz CT molecular complexity index is 733. The second-order valence-electron chi connectivity index (χ2n) is 8.81. The van der Waals surface area contributed by atoms with Crippen LogP contribution in [0.25, 0.3) is 11.1 Å². The van der Waals surface area contributed by atoms with E-state index >= 15 is 0 Å². The molecule has 0 atom stereocenters. The van der Waals surface area contributed by atoms with E-state index in [9.17, 15) is 0 Å². The topological polar surface area (TPSA) is 25.8 Å². The Labute approximate surface area is 182 Å². The minimum atomic E-state index is 0.530. The van der Waals surface area contributed by atoms with E-state index in [0.717, 1.165) is 34.3 Å². The van der Waals surface area contributed by atoms with E-state index in [1.165, 1.54) is 76.2 Å².